The Morgan fingerprint density at radius 2 is 2.21 bits per heavy atom. The van der Waals surface area contributed by atoms with E-state index in [-0.39, 0.29) is 6.04 Å². The number of carboxylic acids is 1. The molecular formula is C11H21NO2. The van der Waals surface area contributed by atoms with Gasteiger partial charge in [-0.25, -0.2) is 0 Å². The minimum atomic E-state index is -0.642. The summed E-state index contributed by atoms with van der Waals surface area (Å²) in [4.78, 5) is 13.2. The largest absolute Gasteiger partial charge is 0.480 e. The van der Waals surface area contributed by atoms with Crippen LogP contribution in [0.5, 0.6) is 0 Å². The number of likely N-dealkylation sites (tertiary alicyclic amines) is 1. The van der Waals surface area contributed by atoms with Crippen molar-refractivity contribution in [3.8, 4) is 0 Å². The smallest absolute Gasteiger partial charge is 0.320 e. The van der Waals surface area contributed by atoms with Gasteiger partial charge < -0.3 is 5.11 Å². The van der Waals surface area contributed by atoms with Gasteiger partial charge in [-0.05, 0) is 38.3 Å². The number of carbonyl (C=O) groups is 1. The lowest BCUT2D eigenvalue weighted by molar-refractivity contribution is -0.145. The number of aliphatic carboxylic acids is 1. The zero-order chi connectivity index (χ0) is 10.6. The van der Waals surface area contributed by atoms with Crippen molar-refractivity contribution in [3.63, 3.8) is 0 Å². The summed E-state index contributed by atoms with van der Waals surface area (Å²) in [5.74, 6) is -0.0270. The molecule has 1 rings (SSSR count). The molecule has 0 aromatic rings. The lowest BCUT2D eigenvalue weighted by Crippen LogP contribution is -2.47. The maximum absolute atomic E-state index is 11.1. The maximum Gasteiger partial charge on any atom is 0.320 e. The lowest BCUT2D eigenvalue weighted by Gasteiger charge is -2.36. The van der Waals surface area contributed by atoms with Crippen molar-refractivity contribution in [2.75, 3.05) is 13.1 Å². The molecule has 2 atom stereocenters. The van der Waals surface area contributed by atoms with Gasteiger partial charge in [-0.2, -0.15) is 0 Å². The molecule has 0 aliphatic carbocycles. The van der Waals surface area contributed by atoms with Crippen molar-refractivity contribution >= 4 is 5.97 Å². The van der Waals surface area contributed by atoms with Crippen molar-refractivity contribution in [2.24, 2.45) is 5.92 Å². The highest BCUT2D eigenvalue weighted by atomic mass is 16.4. The second kappa shape index (κ2) is 5.35. The van der Waals surface area contributed by atoms with E-state index >= 15 is 0 Å². The van der Waals surface area contributed by atoms with Gasteiger partial charge in [-0.1, -0.05) is 20.3 Å². The molecule has 0 aromatic heterocycles. The average Bonchev–Trinajstić information content (AvgIpc) is 2.18. The second-order valence-electron chi connectivity index (χ2n) is 4.19. The molecule has 1 aliphatic rings. The number of carboxylic acid groups (broad SMARTS) is 1. The monoisotopic (exact) mass is 199 g/mol. The van der Waals surface area contributed by atoms with Crippen LogP contribution in [0.4, 0.5) is 0 Å². The molecule has 0 radical (unpaired) electrons. The summed E-state index contributed by atoms with van der Waals surface area (Å²) in [6.45, 7) is 6.14. The molecule has 0 saturated carbocycles. The van der Waals surface area contributed by atoms with Gasteiger partial charge in [0.25, 0.3) is 0 Å². The summed E-state index contributed by atoms with van der Waals surface area (Å²) in [5.41, 5.74) is 0. The molecular weight excluding hydrogens is 178 g/mol. The van der Waals surface area contributed by atoms with Gasteiger partial charge in [-0.15, -0.1) is 0 Å². The van der Waals surface area contributed by atoms with Crippen LogP contribution in [-0.4, -0.2) is 35.1 Å². The summed E-state index contributed by atoms with van der Waals surface area (Å²) in [6, 6.07) is -0.228. The Balaban J connectivity index is 2.56. The highest BCUT2D eigenvalue weighted by Gasteiger charge is 2.31. The molecule has 14 heavy (non-hydrogen) atoms. The quantitative estimate of drug-likeness (QED) is 0.752. The molecule has 1 N–H and O–H groups in total. The van der Waals surface area contributed by atoms with Crippen LogP contribution in [-0.2, 0) is 4.79 Å². The van der Waals surface area contributed by atoms with Crippen molar-refractivity contribution in [1.29, 1.82) is 0 Å². The van der Waals surface area contributed by atoms with Crippen molar-refractivity contribution < 1.29 is 9.90 Å². The normalized spacial score (nSPS) is 29.0. The Morgan fingerprint density at radius 1 is 1.50 bits per heavy atom. The molecule has 82 valence electrons. The SMILES string of the molecule is CCCN1CCC(CC)CC1C(=O)O. The van der Waals surface area contributed by atoms with Crippen LogP contribution in [0.3, 0.4) is 0 Å². The van der Waals surface area contributed by atoms with E-state index in [0.29, 0.717) is 5.92 Å². The van der Waals surface area contributed by atoms with Crippen LogP contribution in [0, 0.1) is 5.92 Å². The zero-order valence-electron chi connectivity index (χ0n) is 9.20. The first-order chi connectivity index (χ1) is 6.69. The number of hydrogen-bond donors (Lipinski definition) is 1. The van der Waals surface area contributed by atoms with E-state index in [4.69, 9.17) is 5.11 Å². The Morgan fingerprint density at radius 3 is 2.71 bits per heavy atom. The van der Waals surface area contributed by atoms with Gasteiger partial charge in [0, 0.05) is 0 Å². The van der Waals surface area contributed by atoms with Gasteiger partial charge in [0.1, 0.15) is 6.04 Å². The Bertz CT molecular complexity index is 194. The van der Waals surface area contributed by atoms with E-state index in [0.717, 1.165) is 32.4 Å². The van der Waals surface area contributed by atoms with Crippen molar-refractivity contribution in [3.05, 3.63) is 0 Å². The molecule has 0 aromatic carbocycles. The number of piperidine rings is 1. The Kier molecular flexibility index (Phi) is 4.39. The highest BCUT2D eigenvalue weighted by molar-refractivity contribution is 5.73. The summed E-state index contributed by atoms with van der Waals surface area (Å²) >= 11 is 0. The lowest BCUT2D eigenvalue weighted by atomic mass is 9.89. The molecule has 0 spiro atoms. The van der Waals surface area contributed by atoms with Gasteiger partial charge in [0.05, 0.1) is 0 Å². The Labute approximate surface area is 86.1 Å². The van der Waals surface area contributed by atoms with Crippen LogP contribution in [0.2, 0.25) is 0 Å². The fraction of sp³-hybridized carbons (Fsp3) is 0.909. The molecule has 1 fully saturated rings. The van der Waals surface area contributed by atoms with E-state index in [1.54, 1.807) is 0 Å². The standard InChI is InChI=1S/C11H21NO2/c1-3-6-12-7-5-9(4-2)8-10(12)11(13)14/h9-10H,3-8H2,1-2H3,(H,13,14). The maximum atomic E-state index is 11.1. The second-order valence-corrected chi connectivity index (χ2v) is 4.19. The topological polar surface area (TPSA) is 40.5 Å². The molecule has 2 unspecified atom stereocenters. The summed E-state index contributed by atoms with van der Waals surface area (Å²) < 4.78 is 0. The third-order valence-corrected chi connectivity index (χ3v) is 3.20. The predicted octanol–water partition coefficient (Wildman–Crippen LogP) is 1.97. The molecule has 0 amide bonds. The van der Waals surface area contributed by atoms with Crippen molar-refractivity contribution in [2.45, 2.75) is 45.6 Å². The molecule has 1 heterocycles. The average molecular weight is 199 g/mol. The first kappa shape index (κ1) is 11.5. The van der Waals surface area contributed by atoms with Crippen LogP contribution in [0.25, 0.3) is 0 Å². The van der Waals surface area contributed by atoms with Gasteiger partial charge in [-0.3, -0.25) is 9.69 Å². The minimum Gasteiger partial charge on any atom is -0.480 e. The molecule has 1 aliphatic heterocycles. The predicted molar refractivity (Wildman–Crippen MR) is 56.3 cm³/mol. The highest BCUT2D eigenvalue weighted by Crippen LogP contribution is 2.25. The fourth-order valence-electron chi connectivity index (χ4n) is 2.27. The summed E-state index contributed by atoms with van der Waals surface area (Å²) in [7, 11) is 0. The molecule has 0 bridgehead atoms. The van der Waals surface area contributed by atoms with Crippen LogP contribution in [0.15, 0.2) is 0 Å². The zero-order valence-corrected chi connectivity index (χ0v) is 9.20. The Hall–Kier alpha value is -0.570. The summed E-state index contributed by atoms with van der Waals surface area (Å²) in [5, 5.41) is 9.11. The van der Waals surface area contributed by atoms with E-state index < -0.39 is 5.97 Å². The molecule has 1 saturated heterocycles. The molecule has 3 nitrogen and oxygen atoms in total. The summed E-state index contributed by atoms with van der Waals surface area (Å²) in [6.07, 6.45) is 4.16. The van der Waals surface area contributed by atoms with Gasteiger partial charge in [0.2, 0.25) is 0 Å². The van der Waals surface area contributed by atoms with E-state index in [2.05, 4.69) is 18.7 Å². The molecule has 3 heteroatoms. The van der Waals surface area contributed by atoms with E-state index in [1.807, 2.05) is 0 Å². The third-order valence-electron chi connectivity index (χ3n) is 3.20. The number of rotatable bonds is 4. The van der Waals surface area contributed by atoms with E-state index in [9.17, 15) is 4.79 Å². The fourth-order valence-corrected chi connectivity index (χ4v) is 2.27. The minimum absolute atomic E-state index is 0.228. The van der Waals surface area contributed by atoms with E-state index in [1.165, 1.54) is 6.42 Å². The third kappa shape index (κ3) is 2.71. The number of hydrogen-bond acceptors (Lipinski definition) is 2. The van der Waals surface area contributed by atoms with Gasteiger partial charge in [0.15, 0.2) is 0 Å². The number of nitrogens with zero attached hydrogens (tertiary/aromatic N) is 1. The van der Waals surface area contributed by atoms with Gasteiger partial charge >= 0.3 is 5.97 Å². The van der Waals surface area contributed by atoms with Crippen LogP contribution in [0.1, 0.15) is 39.5 Å². The van der Waals surface area contributed by atoms with Crippen LogP contribution < -0.4 is 0 Å². The van der Waals surface area contributed by atoms with Crippen LogP contribution >= 0.6 is 0 Å². The van der Waals surface area contributed by atoms with Crippen molar-refractivity contribution in [1.82, 2.24) is 4.90 Å². The first-order valence-electron chi connectivity index (χ1n) is 5.65. The first-order valence-corrected chi connectivity index (χ1v) is 5.65.